The van der Waals surface area contributed by atoms with Crippen molar-refractivity contribution in [1.29, 1.82) is 0 Å². The quantitative estimate of drug-likeness (QED) is 0.168. The summed E-state index contributed by atoms with van der Waals surface area (Å²) in [7, 11) is 0. The molecular weight excluding hydrogens is 737 g/mol. The van der Waals surface area contributed by atoms with Crippen LogP contribution in [0, 0.1) is 0 Å². The minimum absolute atomic E-state index is 0.590. The van der Waals surface area contributed by atoms with E-state index >= 15 is 0 Å². The lowest BCUT2D eigenvalue weighted by molar-refractivity contribution is 0.670. The summed E-state index contributed by atoms with van der Waals surface area (Å²) in [6.07, 6.45) is 0. The molecule has 0 fully saturated rings. The standard InChI is InChI=1S/C54H32N4O2/c1-3-13-33(14-4-1)34-25-29-37(30-26-34)53-56-52(36-15-5-2-6-16-36)57-54(58-53)38-31-27-35(28-32-38)49-48-43-18-8-10-24-46(43)60-51(48)47-40(19-12-22-44(47)55-49)42-21-11-20-41-39-17-7-9-23-45(39)59-50(41)42/h1-32H. The summed E-state index contributed by atoms with van der Waals surface area (Å²) >= 11 is 0. The van der Waals surface area contributed by atoms with Gasteiger partial charge in [0.2, 0.25) is 0 Å². The number of furan rings is 2. The second kappa shape index (κ2) is 13.7. The minimum Gasteiger partial charge on any atom is -0.455 e. The predicted octanol–water partition coefficient (Wildman–Crippen LogP) is 14.2. The largest absolute Gasteiger partial charge is 0.455 e. The monoisotopic (exact) mass is 768 g/mol. The van der Waals surface area contributed by atoms with Crippen LogP contribution in [0.5, 0.6) is 0 Å². The van der Waals surface area contributed by atoms with Gasteiger partial charge in [-0.3, -0.25) is 0 Å². The van der Waals surface area contributed by atoms with Gasteiger partial charge in [0.25, 0.3) is 0 Å². The number of hydrogen-bond donors (Lipinski definition) is 0. The molecule has 0 atom stereocenters. The van der Waals surface area contributed by atoms with Crippen LogP contribution < -0.4 is 0 Å². The normalized spacial score (nSPS) is 11.7. The van der Waals surface area contributed by atoms with E-state index in [4.69, 9.17) is 28.8 Å². The molecule has 12 aromatic rings. The van der Waals surface area contributed by atoms with Crippen molar-refractivity contribution in [2.24, 2.45) is 0 Å². The third-order valence-corrected chi connectivity index (χ3v) is 11.4. The molecule has 0 amide bonds. The second-order valence-corrected chi connectivity index (χ2v) is 14.9. The van der Waals surface area contributed by atoms with E-state index in [-0.39, 0.29) is 0 Å². The van der Waals surface area contributed by atoms with Gasteiger partial charge in [-0.05, 0) is 34.9 Å². The van der Waals surface area contributed by atoms with Crippen molar-refractivity contribution < 1.29 is 8.83 Å². The van der Waals surface area contributed by atoms with Crippen molar-refractivity contribution >= 4 is 54.8 Å². The van der Waals surface area contributed by atoms with Gasteiger partial charge < -0.3 is 8.83 Å². The third-order valence-electron chi connectivity index (χ3n) is 11.4. The fraction of sp³-hybridized carbons (Fsp3) is 0. The molecule has 280 valence electrons. The van der Waals surface area contributed by atoms with Gasteiger partial charge in [0.15, 0.2) is 17.5 Å². The maximum absolute atomic E-state index is 6.80. The Bertz CT molecular complexity index is 3580. The van der Waals surface area contributed by atoms with Crippen LogP contribution in [0.3, 0.4) is 0 Å². The topological polar surface area (TPSA) is 77.8 Å². The SMILES string of the molecule is c1ccc(-c2ccc(-c3nc(-c4ccccc4)nc(-c4ccc(-c5nc6cccc(-c7cccc8c7oc7ccccc78)c6c6oc7ccccc7c56)cc4)n3)cc2)cc1. The molecule has 60 heavy (non-hydrogen) atoms. The molecule has 0 N–H and O–H groups in total. The lowest BCUT2D eigenvalue weighted by atomic mass is 9.95. The number of fused-ring (bicyclic) bond motifs is 8. The summed E-state index contributed by atoms with van der Waals surface area (Å²) in [4.78, 5) is 20.4. The van der Waals surface area contributed by atoms with Gasteiger partial charge in [-0.1, -0.05) is 176 Å². The molecule has 8 aromatic carbocycles. The van der Waals surface area contributed by atoms with Crippen LogP contribution in [0.25, 0.3) is 122 Å². The lowest BCUT2D eigenvalue weighted by Gasteiger charge is -2.12. The minimum atomic E-state index is 0.590. The van der Waals surface area contributed by atoms with Gasteiger partial charge in [-0.25, -0.2) is 19.9 Å². The third kappa shape index (κ3) is 5.57. The molecule has 0 saturated carbocycles. The number of para-hydroxylation sites is 3. The first-order valence-corrected chi connectivity index (χ1v) is 20.0. The predicted molar refractivity (Wildman–Crippen MR) is 242 cm³/mol. The molecule has 6 nitrogen and oxygen atoms in total. The highest BCUT2D eigenvalue weighted by atomic mass is 16.3. The van der Waals surface area contributed by atoms with E-state index in [0.29, 0.717) is 17.5 Å². The van der Waals surface area contributed by atoms with Crippen molar-refractivity contribution in [3.8, 4) is 67.7 Å². The zero-order valence-corrected chi connectivity index (χ0v) is 32.1. The van der Waals surface area contributed by atoms with Gasteiger partial charge in [-0.2, -0.15) is 0 Å². The number of rotatable bonds is 6. The number of nitrogens with zero attached hydrogens (tertiary/aromatic N) is 4. The molecule has 0 radical (unpaired) electrons. The van der Waals surface area contributed by atoms with Crippen molar-refractivity contribution in [3.63, 3.8) is 0 Å². The fourth-order valence-corrected chi connectivity index (χ4v) is 8.47. The summed E-state index contributed by atoms with van der Waals surface area (Å²) < 4.78 is 13.3. The van der Waals surface area contributed by atoms with E-state index in [0.717, 1.165) is 105 Å². The summed E-state index contributed by atoms with van der Waals surface area (Å²) in [5.74, 6) is 1.82. The van der Waals surface area contributed by atoms with Gasteiger partial charge in [0, 0.05) is 44.0 Å². The second-order valence-electron chi connectivity index (χ2n) is 14.9. The Balaban J connectivity index is 0.998. The molecule has 0 saturated heterocycles. The first-order chi connectivity index (χ1) is 29.7. The van der Waals surface area contributed by atoms with Crippen LogP contribution in [-0.2, 0) is 0 Å². The summed E-state index contributed by atoms with van der Waals surface area (Å²) in [6.45, 7) is 0. The Morgan fingerprint density at radius 1 is 0.283 bits per heavy atom. The Kier molecular flexibility index (Phi) is 7.74. The highest BCUT2D eigenvalue weighted by Gasteiger charge is 2.22. The number of pyridine rings is 1. The first-order valence-electron chi connectivity index (χ1n) is 20.0. The summed E-state index contributed by atoms with van der Waals surface area (Å²) in [5.41, 5.74) is 12.9. The van der Waals surface area contributed by atoms with E-state index in [1.54, 1.807) is 0 Å². The van der Waals surface area contributed by atoms with Crippen LogP contribution in [0.1, 0.15) is 0 Å². The molecule has 0 aliphatic carbocycles. The number of hydrogen-bond acceptors (Lipinski definition) is 6. The first kappa shape index (κ1) is 33.9. The molecule has 0 aliphatic rings. The zero-order chi connectivity index (χ0) is 39.6. The molecule has 0 spiro atoms. The number of benzene rings is 8. The Morgan fingerprint density at radius 3 is 1.43 bits per heavy atom. The van der Waals surface area contributed by atoms with E-state index in [2.05, 4.69) is 121 Å². The van der Waals surface area contributed by atoms with Crippen LogP contribution in [0.2, 0.25) is 0 Å². The molecule has 6 heteroatoms. The van der Waals surface area contributed by atoms with E-state index in [1.807, 2.05) is 72.8 Å². The van der Waals surface area contributed by atoms with Crippen LogP contribution in [0.4, 0.5) is 0 Å². The van der Waals surface area contributed by atoms with E-state index in [1.165, 1.54) is 0 Å². The summed E-state index contributed by atoms with van der Waals surface area (Å²) in [6, 6.07) is 66.1. The highest BCUT2D eigenvalue weighted by Crippen LogP contribution is 2.45. The average Bonchev–Trinajstić information content (AvgIpc) is 3.91. The van der Waals surface area contributed by atoms with Gasteiger partial charge in [0.05, 0.1) is 22.0 Å². The molecule has 4 aromatic heterocycles. The van der Waals surface area contributed by atoms with E-state index in [9.17, 15) is 0 Å². The Hall–Kier alpha value is -8.22. The molecule has 4 heterocycles. The number of aromatic nitrogens is 4. The average molecular weight is 769 g/mol. The Morgan fingerprint density at radius 2 is 0.750 bits per heavy atom. The fourth-order valence-electron chi connectivity index (χ4n) is 8.47. The van der Waals surface area contributed by atoms with Crippen molar-refractivity contribution in [1.82, 2.24) is 19.9 Å². The van der Waals surface area contributed by atoms with Gasteiger partial charge in [-0.15, -0.1) is 0 Å². The highest BCUT2D eigenvalue weighted by molar-refractivity contribution is 6.23. The maximum atomic E-state index is 6.80. The lowest BCUT2D eigenvalue weighted by Crippen LogP contribution is -2.00. The van der Waals surface area contributed by atoms with Crippen LogP contribution in [0.15, 0.2) is 203 Å². The maximum Gasteiger partial charge on any atom is 0.164 e. The molecule has 0 bridgehead atoms. The summed E-state index contributed by atoms with van der Waals surface area (Å²) in [5, 5.41) is 5.08. The Labute approximate surface area is 344 Å². The van der Waals surface area contributed by atoms with Crippen LogP contribution in [-0.4, -0.2) is 19.9 Å². The van der Waals surface area contributed by atoms with Gasteiger partial charge in [0.1, 0.15) is 22.3 Å². The zero-order valence-electron chi connectivity index (χ0n) is 32.1. The molecule has 0 aliphatic heterocycles. The molecule has 0 unspecified atom stereocenters. The van der Waals surface area contributed by atoms with E-state index < -0.39 is 0 Å². The molecular formula is C54H32N4O2. The van der Waals surface area contributed by atoms with Crippen molar-refractivity contribution in [3.05, 3.63) is 194 Å². The van der Waals surface area contributed by atoms with Crippen LogP contribution >= 0.6 is 0 Å². The van der Waals surface area contributed by atoms with Crippen molar-refractivity contribution in [2.45, 2.75) is 0 Å². The van der Waals surface area contributed by atoms with Crippen molar-refractivity contribution in [2.75, 3.05) is 0 Å². The molecule has 12 rings (SSSR count). The smallest absolute Gasteiger partial charge is 0.164 e. The van der Waals surface area contributed by atoms with Gasteiger partial charge >= 0.3 is 0 Å².